The van der Waals surface area contributed by atoms with Crippen LogP contribution in [0.1, 0.15) is 16.1 Å². The number of hydrogen-bond donors (Lipinski definition) is 1. The van der Waals surface area contributed by atoms with Gasteiger partial charge in [-0.25, -0.2) is 9.78 Å². The molecule has 3 rings (SSSR count). The number of ether oxygens (including phenoxy) is 1. The lowest BCUT2D eigenvalue weighted by Gasteiger charge is -2.07. The highest BCUT2D eigenvalue weighted by Gasteiger charge is 2.06. The smallest absolute Gasteiger partial charge is 0.354 e. The Bertz CT molecular complexity index is 784. The molecule has 0 spiro atoms. The topological polar surface area (TPSA) is 59.4 Å². The van der Waals surface area contributed by atoms with E-state index in [0.717, 1.165) is 16.3 Å². The predicted octanol–water partition coefficient (Wildman–Crippen LogP) is 3.51. The van der Waals surface area contributed by atoms with Gasteiger partial charge in [0, 0.05) is 11.6 Å². The van der Waals surface area contributed by atoms with E-state index in [0.29, 0.717) is 12.4 Å². The molecule has 0 saturated heterocycles. The number of rotatable bonds is 4. The summed E-state index contributed by atoms with van der Waals surface area (Å²) in [6.45, 7) is 0.475. The summed E-state index contributed by atoms with van der Waals surface area (Å²) in [5.41, 5.74) is 1.11. The van der Waals surface area contributed by atoms with Crippen LogP contribution in [0.4, 0.5) is 0 Å². The Hall–Kier alpha value is -2.88. The molecule has 0 amide bonds. The van der Waals surface area contributed by atoms with E-state index in [1.165, 1.54) is 0 Å². The van der Waals surface area contributed by atoms with Gasteiger partial charge in [-0.2, -0.15) is 0 Å². The van der Waals surface area contributed by atoms with Crippen molar-refractivity contribution < 1.29 is 14.6 Å². The Balaban J connectivity index is 1.84. The van der Waals surface area contributed by atoms with Crippen molar-refractivity contribution >= 4 is 16.7 Å². The highest BCUT2D eigenvalue weighted by molar-refractivity contribution is 5.92. The Morgan fingerprint density at radius 3 is 2.62 bits per heavy atom. The Morgan fingerprint density at radius 1 is 1.05 bits per heavy atom. The quantitative estimate of drug-likeness (QED) is 0.794. The molecule has 0 aliphatic rings. The third-order valence-corrected chi connectivity index (χ3v) is 3.16. The zero-order valence-corrected chi connectivity index (χ0v) is 11.2. The van der Waals surface area contributed by atoms with Crippen molar-refractivity contribution in [2.75, 3.05) is 0 Å². The molecule has 1 aromatic heterocycles. The van der Waals surface area contributed by atoms with Gasteiger partial charge in [0.25, 0.3) is 0 Å². The second kappa shape index (κ2) is 5.63. The van der Waals surface area contributed by atoms with Crippen LogP contribution in [0.3, 0.4) is 0 Å². The summed E-state index contributed by atoms with van der Waals surface area (Å²) in [6.07, 6.45) is 1.56. The van der Waals surface area contributed by atoms with E-state index >= 15 is 0 Å². The molecule has 4 heteroatoms. The zero-order chi connectivity index (χ0) is 14.7. The first-order valence-electron chi connectivity index (χ1n) is 6.52. The van der Waals surface area contributed by atoms with E-state index in [9.17, 15) is 4.79 Å². The number of carbonyl (C=O) groups is 1. The second-order valence-corrected chi connectivity index (χ2v) is 4.66. The minimum Gasteiger partial charge on any atom is -0.489 e. The predicted molar refractivity (Wildman–Crippen MR) is 79.5 cm³/mol. The maximum absolute atomic E-state index is 10.9. The maximum Gasteiger partial charge on any atom is 0.354 e. The lowest BCUT2D eigenvalue weighted by Crippen LogP contribution is -1.99. The highest BCUT2D eigenvalue weighted by Crippen LogP contribution is 2.22. The number of hydrogen-bond acceptors (Lipinski definition) is 3. The number of aromatic nitrogens is 1. The Kier molecular flexibility index (Phi) is 3.51. The van der Waals surface area contributed by atoms with E-state index in [2.05, 4.69) is 4.98 Å². The van der Waals surface area contributed by atoms with Crippen molar-refractivity contribution in [3.05, 3.63) is 72.1 Å². The lowest BCUT2D eigenvalue weighted by atomic mass is 10.1. The van der Waals surface area contributed by atoms with Gasteiger partial charge in [-0.3, -0.25) is 0 Å². The monoisotopic (exact) mass is 279 g/mol. The normalized spacial score (nSPS) is 10.5. The van der Waals surface area contributed by atoms with Crippen molar-refractivity contribution in [1.29, 1.82) is 0 Å². The molecule has 1 heterocycles. The molecule has 0 aliphatic carbocycles. The van der Waals surface area contributed by atoms with Gasteiger partial charge >= 0.3 is 5.97 Å². The molecule has 0 saturated carbocycles. The van der Waals surface area contributed by atoms with Crippen LogP contribution in [0.15, 0.2) is 60.8 Å². The van der Waals surface area contributed by atoms with E-state index in [1.807, 2.05) is 48.5 Å². The number of pyridine rings is 1. The van der Waals surface area contributed by atoms with Crippen molar-refractivity contribution in [2.45, 2.75) is 6.61 Å². The lowest BCUT2D eigenvalue weighted by molar-refractivity contribution is 0.0690. The molecule has 4 nitrogen and oxygen atoms in total. The van der Waals surface area contributed by atoms with Crippen LogP contribution in [0.5, 0.6) is 5.75 Å². The second-order valence-electron chi connectivity index (χ2n) is 4.66. The fourth-order valence-corrected chi connectivity index (χ4v) is 2.07. The Morgan fingerprint density at radius 2 is 1.86 bits per heavy atom. The van der Waals surface area contributed by atoms with Gasteiger partial charge in [-0.15, -0.1) is 0 Å². The average Bonchev–Trinajstić information content (AvgIpc) is 2.53. The van der Waals surface area contributed by atoms with Gasteiger partial charge in [0.05, 0.1) is 0 Å². The molecule has 1 N–H and O–H groups in total. The van der Waals surface area contributed by atoms with E-state index in [1.54, 1.807) is 12.3 Å². The van der Waals surface area contributed by atoms with Crippen LogP contribution in [-0.4, -0.2) is 16.1 Å². The minimum atomic E-state index is -1.03. The van der Waals surface area contributed by atoms with Crippen LogP contribution in [-0.2, 0) is 6.61 Å². The van der Waals surface area contributed by atoms with Crippen molar-refractivity contribution in [2.24, 2.45) is 0 Å². The summed E-state index contributed by atoms with van der Waals surface area (Å²) in [5, 5.41) is 10.7. The maximum atomic E-state index is 10.9. The SMILES string of the molecule is O=C(O)c1cc2cc(OCc3ccccc3)ccc2cn1. The third kappa shape index (κ3) is 3.00. The third-order valence-electron chi connectivity index (χ3n) is 3.16. The van der Waals surface area contributed by atoms with Crippen LogP contribution in [0, 0.1) is 0 Å². The van der Waals surface area contributed by atoms with E-state index < -0.39 is 5.97 Å². The molecule has 0 aliphatic heterocycles. The molecule has 104 valence electrons. The van der Waals surface area contributed by atoms with Crippen LogP contribution >= 0.6 is 0 Å². The first-order valence-corrected chi connectivity index (χ1v) is 6.52. The van der Waals surface area contributed by atoms with Gasteiger partial charge in [0.1, 0.15) is 18.1 Å². The van der Waals surface area contributed by atoms with Crippen LogP contribution < -0.4 is 4.74 Å². The number of carboxylic acids is 1. The van der Waals surface area contributed by atoms with E-state index in [4.69, 9.17) is 9.84 Å². The fraction of sp³-hybridized carbons (Fsp3) is 0.0588. The number of benzene rings is 2. The Labute approximate surface area is 121 Å². The molecule has 0 bridgehead atoms. The molecule has 0 unspecified atom stereocenters. The number of aromatic carboxylic acids is 1. The molecule has 0 atom stereocenters. The molecule has 3 aromatic rings. The molecule has 0 radical (unpaired) electrons. The minimum absolute atomic E-state index is 0.0303. The molecular weight excluding hydrogens is 266 g/mol. The van der Waals surface area contributed by atoms with Gasteiger partial charge in [0.2, 0.25) is 0 Å². The number of carboxylic acid groups (broad SMARTS) is 1. The first-order chi connectivity index (χ1) is 10.2. The molecule has 0 fully saturated rings. The molecule has 2 aromatic carbocycles. The van der Waals surface area contributed by atoms with Crippen molar-refractivity contribution in [3.63, 3.8) is 0 Å². The zero-order valence-electron chi connectivity index (χ0n) is 11.2. The van der Waals surface area contributed by atoms with Gasteiger partial charge in [-0.05, 0) is 35.2 Å². The summed E-state index contributed by atoms with van der Waals surface area (Å²) in [4.78, 5) is 14.8. The van der Waals surface area contributed by atoms with Gasteiger partial charge < -0.3 is 9.84 Å². The van der Waals surface area contributed by atoms with Gasteiger partial charge in [-0.1, -0.05) is 30.3 Å². The summed E-state index contributed by atoms with van der Waals surface area (Å²) >= 11 is 0. The summed E-state index contributed by atoms with van der Waals surface area (Å²) in [7, 11) is 0. The molecule has 21 heavy (non-hydrogen) atoms. The summed E-state index contributed by atoms with van der Waals surface area (Å²) in [5.74, 6) is -0.332. The van der Waals surface area contributed by atoms with E-state index in [-0.39, 0.29) is 5.69 Å². The van der Waals surface area contributed by atoms with Crippen LogP contribution in [0.25, 0.3) is 10.8 Å². The fourth-order valence-electron chi connectivity index (χ4n) is 2.07. The average molecular weight is 279 g/mol. The highest BCUT2D eigenvalue weighted by atomic mass is 16.5. The van der Waals surface area contributed by atoms with Crippen LogP contribution in [0.2, 0.25) is 0 Å². The number of fused-ring (bicyclic) bond motifs is 1. The van der Waals surface area contributed by atoms with Crippen molar-refractivity contribution in [3.8, 4) is 5.75 Å². The standard InChI is InChI=1S/C17H13NO3/c19-17(20)16-9-14-8-15(7-6-13(14)10-18-16)21-11-12-4-2-1-3-5-12/h1-10H,11H2,(H,19,20). The summed E-state index contributed by atoms with van der Waals surface area (Å²) < 4.78 is 5.73. The summed E-state index contributed by atoms with van der Waals surface area (Å²) in [6, 6.07) is 17.0. The largest absolute Gasteiger partial charge is 0.489 e. The number of nitrogens with zero attached hydrogens (tertiary/aromatic N) is 1. The van der Waals surface area contributed by atoms with Crippen molar-refractivity contribution in [1.82, 2.24) is 4.98 Å². The molecular formula is C17H13NO3. The first kappa shape index (κ1) is 13.1. The van der Waals surface area contributed by atoms with Gasteiger partial charge in [0.15, 0.2) is 0 Å².